The highest BCUT2D eigenvalue weighted by Gasteiger charge is 2.26. The van der Waals surface area contributed by atoms with Crippen LogP contribution in [0.4, 0.5) is 5.69 Å². The van der Waals surface area contributed by atoms with E-state index in [1.54, 1.807) is 6.07 Å². The largest absolute Gasteiger partial charge is 0.398 e. The Labute approximate surface area is 105 Å². The maximum Gasteiger partial charge on any atom is 0.161 e. The van der Waals surface area contributed by atoms with Gasteiger partial charge in [-0.3, -0.25) is 9.48 Å². The average Bonchev–Trinajstić information content (AvgIpc) is 3.06. The van der Waals surface area contributed by atoms with Gasteiger partial charge in [-0.25, -0.2) is 0 Å². The number of rotatable bonds is 3. The Hall–Kier alpha value is -2.10. The van der Waals surface area contributed by atoms with Crippen LogP contribution in [0.5, 0.6) is 0 Å². The van der Waals surface area contributed by atoms with Crippen molar-refractivity contribution < 1.29 is 4.79 Å². The maximum absolute atomic E-state index is 11.4. The van der Waals surface area contributed by atoms with Crippen molar-refractivity contribution in [2.24, 2.45) is 0 Å². The molecular formula is C14H15N3O. The van der Waals surface area contributed by atoms with Crippen molar-refractivity contribution in [2.45, 2.75) is 25.8 Å². The van der Waals surface area contributed by atoms with E-state index in [4.69, 9.17) is 5.73 Å². The Bertz CT molecular complexity index is 611. The van der Waals surface area contributed by atoms with Crippen LogP contribution in [0.1, 0.15) is 36.2 Å². The van der Waals surface area contributed by atoms with E-state index in [-0.39, 0.29) is 5.78 Å². The van der Waals surface area contributed by atoms with Gasteiger partial charge in [0.05, 0.1) is 11.7 Å². The summed E-state index contributed by atoms with van der Waals surface area (Å²) in [6, 6.07) is 8.09. The predicted molar refractivity (Wildman–Crippen MR) is 70.4 cm³/mol. The summed E-state index contributed by atoms with van der Waals surface area (Å²) in [5, 5.41) is 4.35. The third kappa shape index (κ3) is 1.79. The zero-order chi connectivity index (χ0) is 12.7. The van der Waals surface area contributed by atoms with Gasteiger partial charge in [-0.05, 0) is 38.0 Å². The number of nitrogen functional groups attached to an aromatic ring is 1. The minimum Gasteiger partial charge on any atom is -0.398 e. The van der Waals surface area contributed by atoms with E-state index >= 15 is 0 Å². The topological polar surface area (TPSA) is 60.9 Å². The zero-order valence-electron chi connectivity index (χ0n) is 10.3. The van der Waals surface area contributed by atoms with E-state index in [0.717, 1.165) is 11.3 Å². The second-order valence-corrected chi connectivity index (χ2v) is 4.75. The van der Waals surface area contributed by atoms with E-state index in [9.17, 15) is 4.79 Å². The molecule has 0 amide bonds. The lowest BCUT2D eigenvalue weighted by atomic mass is 10.0. The van der Waals surface area contributed by atoms with Crippen molar-refractivity contribution in [3.63, 3.8) is 0 Å². The quantitative estimate of drug-likeness (QED) is 0.663. The highest BCUT2D eigenvalue weighted by Crippen LogP contribution is 2.38. The highest BCUT2D eigenvalue weighted by molar-refractivity contribution is 5.99. The Morgan fingerprint density at radius 1 is 1.39 bits per heavy atom. The Morgan fingerprint density at radius 2 is 2.17 bits per heavy atom. The van der Waals surface area contributed by atoms with Crippen molar-refractivity contribution in [1.29, 1.82) is 0 Å². The fourth-order valence-electron chi connectivity index (χ4n) is 2.20. The molecule has 0 aliphatic heterocycles. The van der Waals surface area contributed by atoms with Gasteiger partial charge in [0, 0.05) is 23.0 Å². The molecule has 92 valence electrons. The van der Waals surface area contributed by atoms with Gasteiger partial charge in [0.2, 0.25) is 0 Å². The number of hydrogen-bond acceptors (Lipinski definition) is 3. The Balaban J connectivity index is 2.04. The number of aromatic nitrogens is 2. The lowest BCUT2D eigenvalue weighted by Gasteiger charge is -2.08. The van der Waals surface area contributed by atoms with Gasteiger partial charge in [-0.15, -0.1) is 0 Å². The number of benzene rings is 1. The maximum atomic E-state index is 11.4. The van der Waals surface area contributed by atoms with Gasteiger partial charge < -0.3 is 5.73 Å². The van der Waals surface area contributed by atoms with Crippen molar-refractivity contribution in [3.05, 3.63) is 36.0 Å². The molecule has 0 radical (unpaired) electrons. The molecule has 2 aromatic rings. The first kappa shape index (κ1) is 11.0. The highest BCUT2D eigenvalue weighted by atomic mass is 16.1. The number of ketones is 1. The molecule has 0 unspecified atom stereocenters. The third-order valence-electron chi connectivity index (χ3n) is 3.29. The Kier molecular flexibility index (Phi) is 2.44. The van der Waals surface area contributed by atoms with E-state index in [2.05, 4.69) is 5.10 Å². The normalized spacial score (nSPS) is 14.7. The number of hydrogen-bond donors (Lipinski definition) is 1. The molecule has 4 heteroatoms. The minimum atomic E-state index is -0.00486. The van der Waals surface area contributed by atoms with E-state index in [1.807, 2.05) is 29.1 Å². The van der Waals surface area contributed by atoms with Crippen molar-refractivity contribution in [1.82, 2.24) is 9.78 Å². The molecule has 0 atom stereocenters. The van der Waals surface area contributed by atoms with Gasteiger partial charge in [0.15, 0.2) is 5.78 Å². The van der Waals surface area contributed by atoms with Crippen LogP contribution in [-0.4, -0.2) is 15.6 Å². The lowest BCUT2D eigenvalue weighted by molar-refractivity contribution is 0.101. The van der Waals surface area contributed by atoms with Gasteiger partial charge in [-0.1, -0.05) is 6.07 Å². The molecule has 1 heterocycles. The molecule has 18 heavy (non-hydrogen) atoms. The monoisotopic (exact) mass is 241 g/mol. The SMILES string of the molecule is CC(=O)c1ccc(-c2ccnn2C2CC2)cc1N. The van der Waals surface area contributed by atoms with Gasteiger partial charge in [-0.2, -0.15) is 5.10 Å². The molecule has 1 saturated carbocycles. The van der Waals surface area contributed by atoms with Crippen LogP contribution in [0.2, 0.25) is 0 Å². The smallest absolute Gasteiger partial charge is 0.161 e. The molecule has 3 rings (SSSR count). The van der Waals surface area contributed by atoms with Crippen LogP contribution in [0.25, 0.3) is 11.3 Å². The number of nitrogens with two attached hydrogens (primary N) is 1. The molecule has 0 bridgehead atoms. The summed E-state index contributed by atoms with van der Waals surface area (Å²) in [7, 11) is 0. The summed E-state index contributed by atoms with van der Waals surface area (Å²) in [6.45, 7) is 1.53. The standard InChI is InChI=1S/C14H15N3O/c1-9(18)12-5-2-10(8-13(12)15)14-6-7-16-17(14)11-3-4-11/h2,5-8,11H,3-4,15H2,1H3. The Morgan fingerprint density at radius 3 is 2.78 bits per heavy atom. The molecule has 0 spiro atoms. The van der Waals surface area contributed by atoms with Crippen LogP contribution in [0, 0.1) is 0 Å². The summed E-state index contributed by atoms with van der Waals surface area (Å²) in [5.74, 6) is -0.00486. The van der Waals surface area contributed by atoms with E-state index in [1.165, 1.54) is 19.8 Å². The number of carbonyl (C=O) groups excluding carboxylic acids is 1. The van der Waals surface area contributed by atoms with Crippen LogP contribution < -0.4 is 5.73 Å². The first-order chi connectivity index (χ1) is 8.66. The third-order valence-corrected chi connectivity index (χ3v) is 3.29. The van der Waals surface area contributed by atoms with Gasteiger partial charge >= 0.3 is 0 Å². The van der Waals surface area contributed by atoms with E-state index < -0.39 is 0 Å². The van der Waals surface area contributed by atoms with Gasteiger partial charge in [0.1, 0.15) is 0 Å². The fraction of sp³-hybridized carbons (Fsp3) is 0.286. The molecule has 4 nitrogen and oxygen atoms in total. The van der Waals surface area contributed by atoms with Crippen LogP contribution in [0.15, 0.2) is 30.5 Å². The van der Waals surface area contributed by atoms with Crippen molar-refractivity contribution in [2.75, 3.05) is 5.73 Å². The molecule has 2 N–H and O–H groups in total. The molecule has 1 aromatic carbocycles. The summed E-state index contributed by atoms with van der Waals surface area (Å²) in [6.07, 6.45) is 4.19. The zero-order valence-corrected chi connectivity index (χ0v) is 10.3. The second kappa shape index (κ2) is 3.98. The first-order valence-electron chi connectivity index (χ1n) is 6.11. The first-order valence-corrected chi connectivity index (χ1v) is 6.11. The van der Waals surface area contributed by atoms with Crippen molar-refractivity contribution >= 4 is 11.5 Å². The molecule has 1 aliphatic carbocycles. The van der Waals surface area contributed by atoms with Crippen LogP contribution >= 0.6 is 0 Å². The summed E-state index contributed by atoms with van der Waals surface area (Å²) in [5.41, 5.74) is 9.12. The van der Waals surface area contributed by atoms with Crippen molar-refractivity contribution in [3.8, 4) is 11.3 Å². The summed E-state index contributed by atoms with van der Waals surface area (Å²) in [4.78, 5) is 11.4. The number of Topliss-reactive ketones (excluding diaryl/α,β-unsaturated/α-hetero) is 1. The number of anilines is 1. The minimum absolute atomic E-state index is 0.00486. The second-order valence-electron chi connectivity index (χ2n) is 4.75. The molecule has 1 aromatic heterocycles. The van der Waals surface area contributed by atoms with Gasteiger partial charge in [0.25, 0.3) is 0 Å². The summed E-state index contributed by atoms with van der Waals surface area (Å²) < 4.78 is 2.04. The lowest BCUT2D eigenvalue weighted by Crippen LogP contribution is -2.02. The molecular weight excluding hydrogens is 226 g/mol. The van der Waals surface area contributed by atoms with Crippen LogP contribution in [0.3, 0.4) is 0 Å². The number of nitrogens with zero attached hydrogens (tertiary/aromatic N) is 2. The molecule has 0 saturated heterocycles. The average molecular weight is 241 g/mol. The molecule has 1 aliphatic rings. The van der Waals surface area contributed by atoms with E-state index in [0.29, 0.717) is 17.3 Å². The number of carbonyl (C=O) groups is 1. The van der Waals surface area contributed by atoms with Crippen LogP contribution in [-0.2, 0) is 0 Å². The summed E-state index contributed by atoms with van der Waals surface area (Å²) >= 11 is 0. The predicted octanol–water partition coefficient (Wildman–Crippen LogP) is 2.67. The fourth-order valence-corrected chi connectivity index (χ4v) is 2.20. The molecule has 1 fully saturated rings.